The number of carbonyl (C=O) groups excluding carboxylic acids is 1. The molecular weight excluding hydrogens is 755 g/mol. The minimum absolute atomic E-state index is 0.169. The van der Waals surface area contributed by atoms with Gasteiger partial charge in [0.25, 0.3) is 5.91 Å². The summed E-state index contributed by atoms with van der Waals surface area (Å²) in [5.41, 5.74) is 11.5. The summed E-state index contributed by atoms with van der Waals surface area (Å²) in [6.45, 7) is 28.2. The zero-order valence-corrected chi connectivity index (χ0v) is 39.2. The molecule has 1 aliphatic rings. The van der Waals surface area contributed by atoms with Crippen LogP contribution in [0.4, 0.5) is 0 Å². The van der Waals surface area contributed by atoms with Crippen LogP contribution < -0.4 is 14.8 Å². The van der Waals surface area contributed by atoms with Crippen LogP contribution in [0.1, 0.15) is 168 Å². The lowest BCUT2D eigenvalue weighted by Gasteiger charge is -2.28. The van der Waals surface area contributed by atoms with Crippen molar-refractivity contribution in [2.75, 3.05) is 13.7 Å². The zero-order chi connectivity index (χ0) is 44.8. The summed E-state index contributed by atoms with van der Waals surface area (Å²) in [5.74, 6) is 1.60. The minimum Gasteiger partial charge on any atom is -0.507 e. The fraction of sp³-hybridized carbons (Fsp3) is 0.436. The van der Waals surface area contributed by atoms with Gasteiger partial charge in [0.05, 0.1) is 13.2 Å². The molecule has 0 fully saturated rings. The van der Waals surface area contributed by atoms with Crippen molar-refractivity contribution in [3.05, 3.63) is 151 Å². The summed E-state index contributed by atoms with van der Waals surface area (Å²) < 4.78 is 13.0. The molecule has 0 saturated carbocycles. The highest BCUT2D eigenvalue weighted by atomic mass is 16.5. The number of nitrogens with one attached hydrogen (secondary N) is 1. The second-order valence-electron chi connectivity index (χ2n) is 21.4. The summed E-state index contributed by atoms with van der Waals surface area (Å²) in [7, 11) is 1.72. The molecule has 1 atom stereocenters. The standard InChI is InChI=1S/C55H69NO5/c1-33(34-18-16-15-17-19-34)56-47(57)32-61-51-41-22-37-26-43(52(2,3)4)24-35(48(37)58)20-39-28-45(54(8,9)10)29-40(50(39)60-14)21-36-25-44(53(5,6)7)27-38(49(36)59)23-42(51)31-46(30-41)55(11,12)13/h15-19,24-31,33,58-59H,20-23,32H2,1-14H3,(H,56,57)/t33-/m1/s1. The van der Waals surface area contributed by atoms with E-state index in [1.54, 1.807) is 7.11 Å². The van der Waals surface area contributed by atoms with Crippen molar-refractivity contribution in [2.45, 2.75) is 143 Å². The van der Waals surface area contributed by atoms with Crippen molar-refractivity contribution in [1.29, 1.82) is 0 Å². The van der Waals surface area contributed by atoms with E-state index in [2.05, 4.69) is 137 Å². The van der Waals surface area contributed by atoms with Crippen LogP contribution in [-0.2, 0) is 52.1 Å². The largest absolute Gasteiger partial charge is 0.507 e. The molecule has 6 nitrogen and oxygen atoms in total. The minimum atomic E-state index is -0.240. The van der Waals surface area contributed by atoms with E-state index in [9.17, 15) is 15.0 Å². The molecule has 0 saturated heterocycles. The lowest BCUT2D eigenvalue weighted by Crippen LogP contribution is -2.31. The van der Waals surface area contributed by atoms with Gasteiger partial charge in [-0.1, -0.05) is 162 Å². The number of phenolic OH excluding ortho intramolecular Hbond substituents is 2. The Morgan fingerprint density at radius 3 is 1.16 bits per heavy atom. The molecule has 0 heterocycles. The summed E-state index contributed by atoms with van der Waals surface area (Å²) in [5, 5.41) is 28.0. The van der Waals surface area contributed by atoms with E-state index in [0.29, 0.717) is 31.4 Å². The summed E-state index contributed by atoms with van der Waals surface area (Å²) in [6.07, 6.45) is 1.61. The van der Waals surface area contributed by atoms with Crippen molar-refractivity contribution in [3.8, 4) is 23.0 Å². The smallest absolute Gasteiger partial charge is 0.258 e. The number of aromatic hydroxyl groups is 2. The predicted octanol–water partition coefficient (Wildman–Crippen LogP) is 12.2. The highest BCUT2D eigenvalue weighted by Gasteiger charge is 2.28. The SMILES string of the molecule is COc1c2cc(C(C)(C)C)cc1Cc1cc(C(C)(C)C)cc(c1O)Cc1cc(C(C)(C)C)cc(c1OCC(=O)N[C@H](C)c1ccccc1)Cc1cc(C(C)(C)C)cc(c1O)C2. The molecule has 3 N–H and O–H groups in total. The summed E-state index contributed by atoms with van der Waals surface area (Å²) in [6, 6.07) is 27.0. The fourth-order valence-corrected chi connectivity index (χ4v) is 8.34. The first-order chi connectivity index (χ1) is 28.3. The van der Waals surface area contributed by atoms with Gasteiger partial charge in [-0.2, -0.15) is 0 Å². The quantitative estimate of drug-likeness (QED) is 0.156. The van der Waals surface area contributed by atoms with Gasteiger partial charge in [-0.15, -0.1) is 0 Å². The number of methoxy groups -OCH3 is 1. The number of hydrogen-bond donors (Lipinski definition) is 3. The Morgan fingerprint density at radius 2 is 0.852 bits per heavy atom. The number of ether oxygens (including phenoxy) is 2. The summed E-state index contributed by atoms with van der Waals surface area (Å²) in [4.78, 5) is 13.7. The highest BCUT2D eigenvalue weighted by Crippen LogP contribution is 2.43. The molecule has 6 heteroatoms. The third-order valence-electron chi connectivity index (χ3n) is 12.2. The van der Waals surface area contributed by atoms with Gasteiger partial charge in [0, 0.05) is 25.7 Å². The normalized spacial score (nSPS) is 14.0. The third-order valence-corrected chi connectivity index (χ3v) is 12.2. The van der Waals surface area contributed by atoms with Gasteiger partial charge in [-0.05, 0) is 101 Å². The Balaban J connectivity index is 1.64. The molecule has 324 valence electrons. The molecule has 0 spiro atoms. The van der Waals surface area contributed by atoms with Gasteiger partial charge in [-0.25, -0.2) is 0 Å². The van der Waals surface area contributed by atoms with E-state index in [1.165, 1.54) is 0 Å². The van der Waals surface area contributed by atoms with Crippen molar-refractivity contribution < 1.29 is 24.5 Å². The van der Waals surface area contributed by atoms with Gasteiger partial charge < -0.3 is 25.0 Å². The monoisotopic (exact) mass is 824 g/mol. The van der Waals surface area contributed by atoms with Gasteiger partial charge in [0.1, 0.15) is 23.0 Å². The van der Waals surface area contributed by atoms with E-state index < -0.39 is 0 Å². The van der Waals surface area contributed by atoms with Crippen LogP contribution in [0, 0.1) is 0 Å². The number of fused-ring (bicyclic) bond motifs is 8. The number of benzene rings is 5. The molecular formula is C55H69NO5. The second-order valence-corrected chi connectivity index (χ2v) is 21.4. The number of hydrogen-bond acceptors (Lipinski definition) is 5. The topological polar surface area (TPSA) is 88.0 Å². The maximum absolute atomic E-state index is 13.7. The Labute approximate surface area is 365 Å². The molecule has 8 bridgehead atoms. The van der Waals surface area contributed by atoms with Crippen molar-refractivity contribution in [3.63, 3.8) is 0 Å². The molecule has 0 aromatic heterocycles. The van der Waals surface area contributed by atoms with Gasteiger partial charge in [0.15, 0.2) is 6.61 Å². The van der Waals surface area contributed by atoms with E-state index in [-0.39, 0.29) is 51.7 Å². The highest BCUT2D eigenvalue weighted by molar-refractivity contribution is 5.78. The molecule has 61 heavy (non-hydrogen) atoms. The Hall–Kier alpha value is -5.23. The maximum Gasteiger partial charge on any atom is 0.258 e. The number of carbonyl (C=O) groups is 1. The zero-order valence-electron chi connectivity index (χ0n) is 39.2. The van der Waals surface area contributed by atoms with Crippen molar-refractivity contribution in [2.24, 2.45) is 0 Å². The van der Waals surface area contributed by atoms with Gasteiger partial charge >= 0.3 is 0 Å². The van der Waals surface area contributed by atoms with Gasteiger partial charge in [-0.3, -0.25) is 4.79 Å². The molecule has 1 aliphatic carbocycles. The average molecular weight is 824 g/mol. The fourth-order valence-electron chi connectivity index (χ4n) is 8.34. The predicted molar refractivity (Wildman–Crippen MR) is 250 cm³/mol. The van der Waals surface area contributed by atoms with Gasteiger partial charge in [0.2, 0.25) is 0 Å². The molecule has 1 amide bonds. The van der Waals surface area contributed by atoms with E-state index in [1.807, 2.05) is 37.3 Å². The molecule has 5 aromatic rings. The Bertz CT molecular complexity index is 2300. The first kappa shape index (κ1) is 45.3. The Kier molecular flexibility index (Phi) is 12.6. The van der Waals surface area contributed by atoms with E-state index >= 15 is 0 Å². The van der Waals surface area contributed by atoms with Crippen LogP contribution in [0.15, 0.2) is 78.9 Å². The molecule has 6 rings (SSSR count). The van der Waals surface area contributed by atoms with Crippen LogP contribution in [-0.4, -0.2) is 29.8 Å². The van der Waals surface area contributed by atoms with Crippen LogP contribution in [0.3, 0.4) is 0 Å². The molecule has 5 aromatic carbocycles. The van der Waals surface area contributed by atoms with Crippen LogP contribution >= 0.6 is 0 Å². The third kappa shape index (κ3) is 10.3. The molecule has 0 radical (unpaired) electrons. The van der Waals surface area contributed by atoms with Crippen molar-refractivity contribution in [1.82, 2.24) is 5.32 Å². The summed E-state index contributed by atoms with van der Waals surface area (Å²) >= 11 is 0. The lowest BCUT2D eigenvalue weighted by atomic mass is 9.79. The first-order valence-corrected chi connectivity index (χ1v) is 21.9. The van der Waals surface area contributed by atoms with Crippen LogP contribution in [0.25, 0.3) is 0 Å². The number of amides is 1. The van der Waals surface area contributed by atoms with Crippen LogP contribution in [0.2, 0.25) is 0 Å². The Morgan fingerprint density at radius 1 is 0.541 bits per heavy atom. The first-order valence-electron chi connectivity index (χ1n) is 21.9. The molecule has 0 aliphatic heterocycles. The van der Waals surface area contributed by atoms with E-state index in [4.69, 9.17) is 9.47 Å². The number of phenols is 2. The second kappa shape index (κ2) is 16.9. The average Bonchev–Trinajstić information content (AvgIpc) is 3.15. The van der Waals surface area contributed by atoms with Crippen molar-refractivity contribution >= 4 is 5.91 Å². The maximum atomic E-state index is 13.7. The molecule has 0 unspecified atom stereocenters. The van der Waals surface area contributed by atoms with Crippen LogP contribution in [0.5, 0.6) is 23.0 Å². The lowest BCUT2D eigenvalue weighted by molar-refractivity contribution is -0.123. The van der Waals surface area contributed by atoms with E-state index in [0.717, 1.165) is 78.1 Å². The number of rotatable bonds is 6.